The van der Waals surface area contributed by atoms with Crippen molar-refractivity contribution < 1.29 is 63.6 Å². The number of carboxylic acids is 1. The molecule has 0 aliphatic heterocycles. The summed E-state index contributed by atoms with van der Waals surface area (Å²) in [5.41, 5.74) is 5.91. The lowest BCUT2D eigenvalue weighted by molar-refractivity contribution is -0.142. The standard InChI is InChI=1S/C36H61N11O13/c1-8-18(6)28(45-25(52)12-39-32(55)26(16(2)3)46-30(53)21(37)13-48)35(58)47-29(19(7)50)33(56)40-11-24(51)44-27(17(4)5)34(57)43-23(14-49)31(54)42-22(36(59)60)9-20-10-38-15-41-20/h10,15-19,21-23,26-29,48-50H,8-9,11-14,37H2,1-7H3,(H,38,41)(H,39,55)(H,40,56)(H,42,54)(H,43,57)(H,44,51)(H,45,52)(H,46,53)(H,47,58)(H,59,60)/t18-,19+,21-,22-,23-,26-,27-,28-,29-/m0/s1. The monoisotopic (exact) mass is 855 g/mol. The number of carbonyl (C=O) groups excluding carboxylic acids is 8. The van der Waals surface area contributed by atoms with E-state index in [-0.39, 0.29) is 6.42 Å². The van der Waals surface area contributed by atoms with Gasteiger partial charge in [-0.2, -0.15) is 0 Å². The number of amides is 8. The fraction of sp³-hybridized carbons (Fsp3) is 0.667. The van der Waals surface area contributed by atoms with Crippen LogP contribution < -0.4 is 48.3 Å². The number of aromatic amines is 1. The Balaban J connectivity index is 2.90. The number of rotatable bonds is 26. The highest BCUT2D eigenvalue weighted by molar-refractivity contribution is 5.97. The zero-order chi connectivity index (χ0) is 45.9. The van der Waals surface area contributed by atoms with Gasteiger partial charge in [0.2, 0.25) is 47.3 Å². The van der Waals surface area contributed by atoms with Crippen molar-refractivity contribution in [3.05, 3.63) is 18.2 Å². The Morgan fingerprint density at radius 1 is 0.650 bits per heavy atom. The maximum atomic E-state index is 13.4. The third-order valence-corrected chi connectivity index (χ3v) is 9.18. The largest absolute Gasteiger partial charge is 0.480 e. The molecule has 0 aliphatic rings. The number of H-pyrrole nitrogens is 1. The summed E-state index contributed by atoms with van der Waals surface area (Å²) in [5, 5.41) is 57.7. The summed E-state index contributed by atoms with van der Waals surface area (Å²) < 4.78 is 0. The number of nitrogens with one attached hydrogen (secondary N) is 9. The summed E-state index contributed by atoms with van der Waals surface area (Å²) in [6.45, 7) is 7.99. The third kappa shape index (κ3) is 17.2. The normalized spacial score (nSPS) is 15.7. The Hall–Kier alpha value is -5.72. The van der Waals surface area contributed by atoms with Crippen LogP contribution in [0.3, 0.4) is 0 Å². The quantitative estimate of drug-likeness (QED) is 0.0413. The zero-order valence-corrected chi connectivity index (χ0v) is 34.7. The fourth-order valence-corrected chi connectivity index (χ4v) is 5.31. The number of nitrogens with two attached hydrogens (primary N) is 1. The summed E-state index contributed by atoms with van der Waals surface area (Å²) in [6.07, 6.45) is 1.36. The molecule has 1 heterocycles. The van der Waals surface area contributed by atoms with Crippen molar-refractivity contribution in [1.82, 2.24) is 52.5 Å². The molecule has 0 saturated heterocycles. The lowest BCUT2D eigenvalue weighted by Crippen LogP contribution is -2.60. The smallest absolute Gasteiger partial charge is 0.326 e. The summed E-state index contributed by atoms with van der Waals surface area (Å²) >= 11 is 0. The average molecular weight is 856 g/mol. The lowest BCUT2D eigenvalue weighted by Gasteiger charge is -2.28. The van der Waals surface area contributed by atoms with Gasteiger partial charge in [-0.1, -0.05) is 48.0 Å². The number of aliphatic carboxylic acids is 1. The highest BCUT2D eigenvalue weighted by atomic mass is 16.4. The number of aliphatic hydroxyl groups excluding tert-OH is 3. The first-order chi connectivity index (χ1) is 28.1. The van der Waals surface area contributed by atoms with E-state index in [2.05, 4.69) is 52.5 Å². The molecule has 1 rings (SSSR count). The Bertz CT molecular complexity index is 1620. The van der Waals surface area contributed by atoms with E-state index in [0.717, 1.165) is 0 Å². The molecule has 24 nitrogen and oxygen atoms in total. The Kier molecular flexibility index (Phi) is 22.4. The molecule has 60 heavy (non-hydrogen) atoms. The summed E-state index contributed by atoms with van der Waals surface area (Å²) in [5.74, 6) is -9.98. The second kappa shape index (κ2) is 25.7. The van der Waals surface area contributed by atoms with Crippen molar-refractivity contribution in [3.8, 4) is 0 Å². The van der Waals surface area contributed by atoms with E-state index < -0.39 is 146 Å². The Morgan fingerprint density at radius 2 is 1.13 bits per heavy atom. The molecule has 0 bridgehead atoms. The second-order valence-electron chi connectivity index (χ2n) is 14.8. The predicted molar refractivity (Wildman–Crippen MR) is 210 cm³/mol. The average Bonchev–Trinajstić information content (AvgIpc) is 3.71. The number of hydrogen-bond donors (Lipinski definition) is 14. The molecule has 0 radical (unpaired) electrons. The number of imidazole rings is 1. The van der Waals surface area contributed by atoms with Gasteiger partial charge in [0.1, 0.15) is 42.3 Å². The molecule has 338 valence electrons. The van der Waals surface area contributed by atoms with Crippen LogP contribution in [0.15, 0.2) is 12.5 Å². The number of carbonyl (C=O) groups is 9. The van der Waals surface area contributed by atoms with Crippen LogP contribution in [-0.2, 0) is 49.6 Å². The van der Waals surface area contributed by atoms with Gasteiger partial charge in [-0.15, -0.1) is 0 Å². The molecule has 0 saturated carbocycles. The molecule has 0 aliphatic carbocycles. The van der Waals surface area contributed by atoms with Gasteiger partial charge in [-0.25, -0.2) is 9.78 Å². The highest BCUT2D eigenvalue weighted by Gasteiger charge is 2.34. The second-order valence-corrected chi connectivity index (χ2v) is 14.8. The molecule has 1 aromatic heterocycles. The van der Waals surface area contributed by atoms with Crippen molar-refractivity contribution in [2.45, 2.75) is 110 Å². The molecular weight excluding hydrogens is 794 g/mol. The summed E-state index contributed by atoms with van der Waals surface area (Å²) in [6, 6.07) is -9.62. The molecule has 0 fully saturated rings. The summed E-state index contributed by atoms with van der Waals surface area (Å²) in [7, 11) is 0. The first-order valence-electron chi connectivity index (χ1n) is 19.3. The number of hydrogen-bond acceptors (Lipinski definition) is 14. The van der Waals surface area contributed by atoms with E-state index in [4.69, 9.17) is 10.8 Å². The van der Waals surface area contributed by atoms with Crippen molar-refractivity contribution in [1.29, 1.82) is 0 Å². The molecule has 24 heteroatoms. The van der Waals surface area contributed by atoms with E-state index in [1.54, 1.807) is 41.5 Å². The van der Waals surface area contributed by atoms with Crippen LogP contribution in [0.2, 0.25) is 0 Å². The van der Waals surface area contributed by atoms with Crippen molar-refractivity contribution >= 4 is 53.2 Å². The van der Waals surface area contributed by atoms with Crippen LogP contribution in [0.4, 0.5) is 0 Å². The molecular formula is C36H61N11O13. The lowest BCUT2D eigenvalue weighted by atomic mass is 9.97. The minimum absolute atomic E-state index is 0.174. The maximum absolute atomic E-state index is 13.4. The Morgan fingerprint density at radius 3 is 1.58 bits per heavy atom. The van der Waals surface area contributed by atoms with Gasteiger partial charge in [-0.05, 0) is 24.7 Å². The van der Waals surface area contributed by atoms with E-state index >= 15 is 0 Å². The SMILES string of the molecule is CC[C@H](C)[C@H](NC(=O)CNC(=O)[C@@H](NC(=O)[C@@H](N)CO)C(C)C)C(=O)N[C@H](C(=O)NCC(=O)N[C@H](C(=O)N[C@@H](CO)C(=O)N[C@@H](Cc1cnc[nH]1)C(=O)O)C(C)C)[C@@H](C)O. The van der Waals surface area contributed by atoms with E-state index in [1.807, 2.05) is 0 Å². The van der Waals surface area contributed by atoms with Gasteiger partial charge in [-0.3, -0.25) is 38.4 Å². The minimum Gasteiger partial charge on any atom is -0.480 e. The van der Waals surface area contributed by atoms with Crippen LogP contribution in [0.25, 0.3) is 0 Å². The molecule has 0 spiro atoms. The van der Waals surface area contributed by atoms with Crippen molar-refractivity contribution in [3.63, 3.8) is 0 Å². The van der Waals surface area contributed by atoms with Gasteiger partial charge < -0.3 is 73.7 Å². The van der Waals surface area contributed by atoms with Crippen LogP contribution in [0.5, 0.6) is 0 Å². The molecule has 15 N–H and O–H groups in total. The van der Waals surface area contributed by atoms with Crippen LogP contribution >= 0.6 is 0 Å². The van der Waals surface area contributed by atoms with Gasteiger partial charge in [0.05, 0.1) is 38.7 Å². The molecule has 1 aromatic rings. The van der Waals surface area contributed by atoms with Crippen molar-refractivity contribution in [2.75, 3.05) is 26.3 Å². The number of carboxylic acid groups (broad SMARTS) is 1. The molecule has 0 unspecified atom stereocenters. The zero-order valence-electron chi connectivity index (χ0n) is 34.7. The number of aromatic nitrogens is 2. The van der Waals surface area contributed by atoms with Gasteiger partial charge >= 0.3 is 5.97 Å². The van der Waals surface area contributed by atoms with Gasteiger partial charge in [0.25, 0.3) is 0 Å². The van der Waals surface area contributed by atoms with Crippen LogP contribution in [0.1, 0.15) is 60.6 Å². The predicted octanol–water partition coefficient (Wildman–Crippen LogP) is -5.77. The third-order valence-electron chi connectivity index (χ3n) is 9.18. The van der Waals surface area contributed by atoms with Crippen molar-refractivity contribution in [2.24, 2.45) is 23.5 Å². The molecule has 9 atom stereocenters. The first kappa shape index (κ1) is 52.3. The molecule has 8 amide bonds. The minimum atomic E-state index is -1.63. The highest BCUT2D eigenvalue weighted by Crippen LogP contribution is 2.10. The summed E-state index contributed by atoms with van der Waals surface area (Å²) in [4.78, 5) is 121. The van der Waals surface area contributed by atoms with E-state index in [1.165, 1.54) is 19.4 Å². The van der Waals surface area contributed by atoms with Crippen LogP contribution in [-0.4, -0.2) is 158 Å². The topological polar surface area (TPSA) is 385 Å². The number of aliphatic hydroxyl groups is 3. The first-order valence-corrected chi connectivity index (χ1v) is 19.3. The van der Waals surface area contributed by atoms with E-state index in [9.17, 15) is 58.5 Å². The van der Waals surface area contributed by atoms with E-state index in [0.29, 0.717) is 12.1 Å². The van der Waals surface area contributed by atoms with Gasteiger partial charge in [0, 0.05) is 18.3 Å². The maximum Gasteiger partial charge on any atom is 0.326 e. The fourth-order valence-electron chi connectivity index (χ4n) is 5.31. The van der Waals surface area contributed by atoms with Crippen LogP contribution in [0, 0.1) is 17.8 Å². The Labute approximate surface area is 346 Å². The van der Waals surface area contributed by atoms with Gasteiger partial charge in [0.15, 0.2) is 0 Å². The molecule has 0 aromatic carbocycles. The number of nitrogens with zero attached hydrogens (tertiary/aromatic N) is 1.